The predicted molar refractivity (Wildman–Crippen MR) is 72.2 cm³/mol. The van der Waals surface area contributed by atoms with Gasteiger partial charge in [-0.2, -0.15) is 0 Å². The first kappa shape index (κ1) is 14.8. The van der Waals surface area contributed by atoms with E-state index in [-0.39, 0.29) is 24.4 Å². The number of rotatable bonds is 6. The molecule has 1 unspecified atom stereocenters. The first-order valence-electron chi connectivity index (χ1n) is 5.94. The number of benzene rings is 1. The summed E-state index contributed by atoms with van der Waals surface area (Å²) in [5.41, 5.74) is 5.41. The van der Waals surface area contributed by atoms with Crippen molar-refractivity contribution >= 4 is 11.7 Å². The molecule has 0 aliphatic rings. The molecular formula is C13H19N3O3. The molecule has 0 aliphatic carbocycles. The van der Waals surface area contributed by atoms with Gasteiger partial charge in [-0.05, 0) is 19.1 Å². The van der Waals surface area contributed by atoms with Gasteiger partial charge >= 0.3 is 0 Å². The minimum atomic E-state index is -0.165. The molecule has 3 N–H and O–H groups in total. The van der Waals surface area contributed by atoms with Gasteiger partial charge in [0.05, 0.1) is 0 Å². The minimum absolute atomic E-state index is 0.0406. The number of para-hydroxylation sites is 1. The molecule has 104 valence electrons. The van der Waals surface area contributed by atoms with Crippen LogP contribution in [-0.2, 0) is 4.79 Å². The van der Waals surface area contributed by atoms with Crippen LogP contribution in [0.25, 0.3) is 0 Å². The number of oxime groups is 1. The standard InChI is InChI=1S/C13H19N3O3/c1-10(8-12(14)15-18)16(2)13(17)9-19-11-6-4-3-5-7-11/h3-7,10,18H,8-9H2,1-2H3,(H2,14,15). The third kappa shape index (κ3) is 4.87. The van der Waals surface area contributed by atoms with Crippen LogP contribution in [0.4, 0.5) is 0 Å². The Hall–Kier alpha value is -2.24. The molecule has 0 saturated heterocycles. The van der Waals surface area contributed by atoms with Gasteiger partial charge < -0.3 is 20.6 Å². The summed E-state index contributed by atoms with van der Waals surface area (Å²) in [5, 5.41) is 11.4. The van der Waals surface area contributed by atoms with Crippen LogP contribution < -0.4 is 10.5 Å². The third-order valence-corrected chi connectivity index (χ3v) is 2.79. The van der Waals surface area contributed by atoms with Crippen LogP contribution in [0.2, 0.25) is 0 Å². The van der Waals surface area contributed by atoms with Crippen molar-refractivity contribution in [2.24, 2.45) is 10.9 Å². The summed E-state index contributed by atoms with van der Waals surface area (Å²) in [6, 6.07) is 8.96. The zero-order valence-corrected chi connectivity index (χ0v) is 11.1. The van der Waals surface area contributed by atoms with Crippen LogP contribution in [0.3, 0.4) is 0 Å². The Morgan fingerprint density at radius 1 is 1.47 bits per heavy atom. The second-order valence-corrected chi connectivity index (χ2v) is 4.25. The number of carbonyl (C=O) groups is 1. The summed E-state index contributed by atoms with van der Waals surface area (Å²) < 4.78 is 5.37. The average Bonchev–Trinajstić information content (AvgIpc) is 2.44. The molecule has 6 nitrogen and oxygen atoms in total. The van der Waals surface area contributed by atoms with E-state index < -0.39 is 0 Å². The molecule has 1 amide bonds. The largest absolute Gasteiger partial charge is 0.484 e. The Labute approximate surface area is 112 Å². The maximum absolute atomic E-state index is 11.9. The van der Waals surface area contributed by atoms with Crippen molar-refractivity contribution in [2.75, 3.05) is 13.7 Å². The summed E-state index contributed by atoms with van der Waals surface area (Å²) >= 11 is 0. The summed E-state index contributed by atoms with van der Waals surface area (Å²) in [7, 11) is 1.66. The molecule has 0 saturated carbocycles. The Morgan fingerprint density at radius 2 is 2.11 bits per heavy atom. The molecule has 0 aliphatic heterocycles. The predicted octanol–water partition coefficient (Wildman–Crippen LogP) is 1.05. The van der Waals surface area contributed by atoms with Gasteiger partial charge in [0, 0.05) is 19.5 Å². The number of hydrogen-bond acceptors (Lipinski definition) is 4. The highest BCUT2D eigenvalue weighted by molar-refractivity contribution is 5.82. The van der Waals surface area contributed by atoms with Crippen molar-refractivity contribution in [2.45, 2.75) is 19.4 Å². The van der Waals surface area contributed by atoms with Gasteiger partial charge in [-0.3, -0.25) is 4.79 Å². The van der Waals surface area contributed by atoms with E-state index in [1.54, 1.807) is 19.2 Å². The second-order valence-electron chi connectivity index (χ2n) is 4.25. The van der Waals surface area contributed by atoms with Crippen molar-refractivity contribution in [1.29, 1.82) is 0 Å². The summed E-state index contributed by atoms with van der Waals surface area (Å²) in [6.45, 7) is 1.78. The number of amides is 1. The molecule has 19 heavy (non-hydrogen) atoms. The number of ether oxygens (including phenoxy) is 1. The Morgan fingerprint density at radius 3 is 2.68 bits per heavy atom. The van der Waals surface area contributed by atoms with E-state index in [0.29, 0.717) is 12.2 Å². The molecule has 0 radical (unpaired) electrons. The first-order valence-corrected chi connectivity index (χ1v) is 5.94. The van der Waals surface area contributed by atoms with Crippen molar-refractivity contribution in [3.05, 3.63) is 30.3 Å². The van der Waals surface area contributed by atoms with Gasteiger partial charge in [0.1, 0.15) is 11.6 Å². The van der Waals surface area contributed by atoms with Gasteiger partial charge in [0.15, 0.2) is 6.61 Å². The molecule has 0 heterocycles. The fourth-order valence-corrected chi connectivity index (χ4v) is 1.49. The minimum Gasteiger partial charge on any atom is -0.484 e. The lowest BCUT2D eigenvalue weighted by Gasteiger charge is -2.24. The highest BCUT2D eigenvalue weighted by Crippen LogP contribution is 2.09. The van der Waals surface area contributed by atoms with E-state index in [1.807, 2.05) is 25.1 Å². The SMILES string of the molecule is CC(CC(N)=NO)N(C)C(=O)COc1ccccc1. The van der Waals surface area contributed by atoms with Crippen molar-refractivity contribution in [3.8, 4) is 5.75 Å². The first-order chi connectivity index (χ1) is 9.04. The molecule has 1 atom stereocenters. The van der Waals surface area contributed by atoms with Crippen LogP contribution in [0, 0.1) is 0 Å². The fourth-order valence-electron chi connectivity index (χ4n) is 1.49. The summed E-state index contributed by atoms with van der Waals surface area (Å²) in [6.07, 6.45) is 0.310. The number of carbonyl (C=O) groups excluding carboxylic acids is 1. The maximum atomic E-state index is 11.9. The van der Waals surface area contributed by atoms with Crippen LogP contribution in [0.15, 0.2) is 35.5 Å². The zero-order valence-electron chi connectivity index (χ0n) is 11.1. The lowest BCUT2D eigenvalue weighted by Crippen LogP contribution is -2.40. The molecule has 0 spiro atoms. The average molecular weight is 265 g/mol. The summed E-state index contributed by atoms with van der Waals surface area (Å²) in [4.78, 5) is 13.4. The maximum Gasteiger partial charge on any atom is 0.260 e. The van der Waals surface area contributed by atoms with E-state index in [4.69, 9.17) is 15.7 Å². The van der Waals surface area contributed by atoms with Gasteiger partial charge in [0.2, 0.25) is 0 Å². The number of amidine groups is 1. The van der Waals surface area contributed by atoms with Crippen LogP contribution in [-0.4, -0.2) is 41.5 Å². The molecule has 0 bridgehead atoms. The topological polar surface area (TPSA) is 88.2 Å². The normalized spacial score (nSPS) is 12.8. The van der Waals surface area contributed by atoms with E-state index in [1.165, 1.54) is 4.90 Å². The monoisotopic (exact) mass is 265 g/mol. The number of hydrogen-bond donors (Lipinski definition) is 2. The molecule has 1 aromatic rings. The van der Waals surface area contributed by atoms with Gasteiger partial charge in [0.25, 0.3) is 5.91 Å². The summed E-state index contributed by atoms with van der Waals surface area (Å²) in [5.74, 6) is 0.576. The van der Waals surface area contributed by atoms with Gasteiger partial charge in [-0.25, -0.2) is 0 Å². The fraction of sp³-hybridized carbons (Fsp3) is 0.385. The molecule has 1 rings (SSSR count). The van der Waals surface area contributed by atoms with Gasteiger partial charge in [-0.1, -0.05) is 23.4 Å². The second kappa shape index (κ2) is 7.25. The van der Waals surface area contributed by atoms with E-state index in [2.05, 4.69) is 5.16 Å². The van der Waals surface area contributed by atoms with E-state index >= 15 is 0 Å². The molecule has 6 heteroatoms. The highest BCUT2D eigenvalue weighted by Gasteiger charge is 2.17. The molecular weight excluding hydrogens is 246 g/mol. The van der Waals surface area contributed by atoms with Crippen molar-refractivity contribution in [3.63, 3.8) is 0 Å². The van der Waals surface area contributed by atoms with Crippen LogP contribution >= 0.6 is 0 Å². The lowest BCUT2D eigenvalue weighted by atomic mass is 10.2. The van der Waals surface area contributed by atoms with E-state index in [9.17, 15) is 4.79 Å². The Balaban J connectivity index is 2.44. The number of nitrogens with two attached hydrogens (primary N) is 1. The van der Waals surface area contributed by atoms with Crippen molar-refractivity contribution in [1.82, 2.24) is 4.90 Å². The lowest BCUT2D eigenvalue weighted by molar-refractivity contribution is -0.133. The number of likely N-dealkylation sites (N-methyl/N-ethyl adjacent to an activating group) is 1. The van der Waals surface area contributed by atoms with Crippen LogP contribution in [0.1, 0.15) is 13.3 Å². The Bertz CT molecular complexity index is 434. The third-order valence-electron chi connectivity index (χ3n) is 2.79. The van der Waals surface area contributed by atoms with E-state index in [0.717, 1.165) is 0 Å². The smallest absolute Gasteiger partial charge is 0.260 e. The highest BCUT2D eigenvalue weighted by atomic mass is 16.5. The molecule has 1 aromatic carbocycles. The number of nitrogens with zero attached hydrogens (tertiary/aromatic N) is 2. The molecule has 0 fully saturated rings. The van der Waals surface area contributed by atoms with Crippen molar-refractivity contribution < 1.29 is 14.7 Å². The Kier molecular flexibility index (Phi) is 5.66. The molecule has 0 aromatic heterocycles. The van der Waals surface area contributed by atoms with Crippen LogP contribution in [0.5, 0.6) is 5.75 Å². The zero-order chi connectivity index (χ0) is 14.3. The quantitative estimate of drug-likeness (QED) is 0.348. The van der Waals surface area contributed by atoms with Gasteiger partial charge in [-0.15, -0.1) is 0 Å².